The Morgan fingerprint density at radius 1 is 0.909 bits per heavy atom. The fourth-order valence-corrected chi connectivity index (χ4v) is 1.90. The van der Waals surface area contributed by atoms with Crippen LogP contribution in [0.1, 0.15) is 54.4 Å². The van der Waals surface area contributed by atoms with Gasteiger partial charge < -0.3 is 14.3 Å². The van der Waals surface area contributed by atoms with E-state index in [0.717, 1.165) is 30.1 Å². The van der Waals surface area contributed by atoms with Crippen LogP contribution in [-0.4, -0.2) is 24.0 Å². The van der Waals surface area contributed by atoms with Crippen molar-refractivity contribution in [1.29, 1.82) is 0 Å². The van der Waals surface area contributed by atoms with E-state index in [1.54, 1.807) is 0 Å². The Hall–Kier alpha value is -1.71. The van der Waals surface area contributed by atoms with Gasteiger partial charge in [0.05, 0.1) is 17.9 Å². The summed E-state index contributed by atoms with van der Waals surface area (Å²) in [6, 6.07) is 7.76. The molecule has 3 unspecified atom stereocenters. The van der Waals surface area contributed by atoms with E-state index in [2.05, 4.69) is 19.0 Å². The maximum atomic E-state index is 5.89. The van der Waals surface area contributed by atoms with E-state index in [1.807, 2.05) is 52.0 Å². The van der Waals surface area contributed by atoms with Crippen molar-refractivity contribution in [3.05, 3.63) is 24.3 Å². The second-order valence-corrected chi connectivity index (χ2v) is 5.93. The molecule has 0 radical (unpaired) electrons. The molecule has 4 heteroatoms. The SMILES string of the molecule is CCC(C)Oc1ccc(OC(C)CC(C)ON=C(C)C)cc1. The lowest BCUT2D eigenvalue weighted by Crippen LogP contribution is -2.19. The molecule has 0 saturated heterocycles. The molecule has 0 heterocycles. The average molecular weight is 307 g/mol. The van der Waals surface area contributed by atoms with Crippen LogP contribution in [0.5, 0.6) is 11.5 Å². The molecule has 0 fully saturated rings. The van der Waals surface area contributed by atoms with Gasteiger partial charge in [0.25, 0.3) is 0 Å². The van der Waals surface area contributed by atoms with Crippen LogP contribution < -0.4 is 9.47 Å². The molecular formula is C18H29NO3. The van der Waals surface area contributed by atoms with Gasteiger partial charge in [-0.15, -0.1) is 0 Å². The highest BCUT2D eigenvalue weighted by Gasteiger charge is 2.11. The van der Waals surface area contributed by atoms with Crippen LogP contribution in [0, 0.1) is 0 Å². The zero-order valence-electron chi connectivity index (χ0n) is 14.6. The fraction of sp³-hybridized carbons (Fsp3) is 0.611. The summed E-state index contributed by atoms with van der Waals surface area (Å²) in [6.45, 7) is 12.0. The number of hydrogen-bond acceptors (Lipinski definition) is 4. The van der Waals surface area contributed by atoms with Gasteiger partial charge in [0.1, 0.15) is 17.6 Å². The molecule has 1 rings (SSSR count). The molecule has 0 spiro atoms. The average Bonchev–Trinajstić information content (AvgIpc) is 2.47. The summed E-state index contributed by atoms with van der Waals surface area (Å²) in [4.78, 5) is 5.37. The summed E-state index contributed by atoms with van der Waals surface area (Å²) < 4.78 is 11.6. The van der Waals surface area contributed by atoms with Gasteiger partial charge in [-0.3, -0.25) is 0 Å². The summed E-state index contributed by atoms with van der Waals surface area (Å²) in [5, 5.41) is 3.98. The second-order valence-electron chi connectivity index (χ2n) is 5.93. The van der Waals surface area contributed by atoms with Crippen LogP contribution in [0.3, 0.4) is 0 Å². The van der Waals surface area contributed by atoms with Crippen molar-refractivity contribution >= 4 is 5.71 Å². The van der Waals surface area contributed by atoms with Crippen molar-refractivity contribution in [1.82, 2.24) is 0 Å². The number of oxime groups is 1. The molecule has 3 atom stereocenters. The normalized spacial score (nSPS) is 14.6. The summed E-state index contributed by atoms with van der Waals surface area (Å²) >= 11 is 0. The first-order chi connectivity index (χ1) is 10.4. The van der Waals surface area contributed by atoms with Gasteiger partial charge in [-0.05, 0) is 65.3 Å². The number of hydrogen-bond donors (Lipinski definition) is 0. The van der Waals surface area contributed by atoms with Crippen molar-refractivity contribution in [2.24, 2.45) is 5.16 Å². The molecule has 0 saturated carbocycles. The standard InChI is InChI=1S/C18H29NO3/c1-7-14(4)20-17-8-10-18(11-9-17)21-15(5)12-16(6)22-19-13(2)3/h8-11,14-16H,7,12H2,1-6H3. The Bertz CT molecular complexity index is 452. The Morgan fingerprint density at radius 2 is 1.41 bits per heavy atom. The maximum absolute atomic E-state index is 5.89. The lowest BCUT2D eigenvalue weighted by atomic mass is 10.2. The zero-order chi connectivity index (χ0) is 16.5. The van der Waals surface area contributed by atoms with Gasteiger partial charge >= 0.3 is 0 Å². The van der Waals surface area contributed by atoms with Crippen molar-refractivity contribution in [2.75, 3.05) is 0 Å². The minimum Gasteiger partial charge on any atom is -0.491 e. The molecule has 0 aliphatic rings. The minimum atomic E-state index is 0.0258. The van der Waals surface area contributed by atoms with E-state index in [9.17, 15) is 0 Å². The molecule has 0 aliphatic heterocycles. The van der Waals surface area contributed by atoms with E-state index < -0.39 is 0 Å². The first-order valence-corrected chi connectivity index (χ1v) is 8.01. The van der Waals surface area contributed by atoms with E-state index >= 15 is 0 Å². The topological polar surface area (TPSA) is 40.0 Å². The van der Waals surface area contributed by atoms with Gasteiger partial charge in [-0.2, -0.15) is 0 Å². The molecule has 0 bridgehead atoms. The zero-order valence-corrected chi connectivity index (χ0v) is 14.6. The predicted octanol–water partition coefficient (Wildman–Crippen LogP) is 4.82. The van der Waals surface area contributed by atoms with Crippen LogP contribution >= 0.6 is 0 Å². The molecule has 1 aromatic rings. The first kappa shape index (κ1) is 18.3. The van der Waals surface area contributed by atoms with E-state index in [-0.39, 0.29) is 18.3 Å². The Balaban J connectivity index is 2.44. The van der Waals surface area contributed by atoms with Gasteiger partial charge in [-0.1, -0.05) is 12.1 Å². The van der Waals surface area contributed by atoms with Gasteiger partial charge in [0.15, 0.2) is 0 Å². The molecule has 4 nitrogen and oxygen atoms in total. The van der Waals surface area contributed by atoms with Crippen molar-refractivity contribution in [3.63, 3.8) is 0 Å². The summed E-state index contributed by atoms with van der Waals surface area (Å²) in [5.74, 6) is 1.71. The highest BCUT2D eigenvalue weighted by atomic mass is 16.6. The Kier molecular flexibility index (Phi) is 7.78. The fourth-order valence-electron chi connectivity index (χ4n) is 1.90. The molecule has 22 heavy (non-hydrogen) atoms. The van der Waals surface area contributed by atoms with E-state index in [4.69, 9.17) is 14.3 Å². The minimum absolute atomic E-state index is 0.0258. The van der Waals surface area contributed by atoms with Gasteiger partial charge in [-0.25, -0.2) is 0 Å². The number of nitrogens with zero attached hydrogens (tertiary/aromatic N) is 1. The molecule has 0 amide bonds. The summed E-state index contributed by atoms with van der Waals surface area (Å²) in [7, 11) is 0. The van der Waals surface area contributed by atoms with E-state index in [0.29, 0.717) is 0 Å². The van der Waals surface area contributed by atoms with Crippen molar-refractivity contribution in [3.8, 4) is 11.5 Å². The van der Waals surface area contributed by atoms with Crippen LogP contribution in [0.15, 0.2) is 29.4 Å². The van der Waals surface area contributed by atoms with Crippen LogP contribution in [0.4, 0.5) is 0 Å². The summed E-state index contributed by atoms with van der Waals surface area (Å²) in [6.07, 6.45) is 2.09. The Labute approximate surface area is 134 Å². The predicted molar refractivity (Wildman–Crippen MR) is 90.9 cm³/mol. The third kappa shape index (κ3) is 7.34. The highest BCUT2D eigenvalue weighted by Crippen LogP contribution is 2.21. The third-order valence-electron chi connectivity index (χ3n) is 3.15. The summed E-state index contributed by atoms with van der Waals surface area (Å²) in [5.41, 5.74) is 0.914. The maximum Gasteiger partial charge on any atom is 0.128 e. The monoisotopic (exact) mass is 307 g/mol. The van der Waals surface area contributed by atoms with Gasteiger partial charge in [0, 0.05) is 6.42 Å². The molecular weight excluding hydrogens is 278 g/mol. The van der Waals surface area contributed by atoms with Gasteiger partial charge in [0.2, 0.25) is 0 Å². The van der Waals surface area contributed by atoms with Crippen molar-refractivity contribution < 1.29 is 14.3 Å². The van der Waals surface area contributed by atoms with Crippen LogP contribution in [-0.2, 0) is 4.84 Å². The molecule has 0 aliphatic carbocycles. The number of ether oxygens (including phenoxy) is 2. The van der Waals surface area contributed by atoms with Crippen molar-refractivity contribution in [2.45, 2.75) is 72.7 Å². The largest absolute Gasteiger partial charge is 0.491 e. The molecule has 124 valence electrons. The van der Waals surface area contributed by atoms with E-state index in [1.165, 1.54) is 0 Å². The van der Waals surface area contributed by atoms with Crippen LogP contribution in [0.2, 0.25) is 0 Å². The molecule has 1 aromatic carbocycles. The lowest BCUT2D eigenvalue weighted by molar-refractivity contribution is 0.0387. The number of rotatable bonds is 9. The molecule has 0 N–H and O–H groups in total. The smallest absolute Gasteiger partial charge is 0.128 e. The lowest BCUT2D eigenvalue weighted by Gasteiger charge is -2.18. The third-order valence-corrected chi connectivity index (χ3v) is 3.15. The first-order valence-electron chi connectivity index (χ1n) is 8.01. The quantitative estimate of drug-likeness (QED) is 0.485. The van der Waals surface area contributed by atoms with Crippen LogP contribution in [0.25, 0.3) is 0 Å². The number of benzene rings is 1. The molecule has 0 aromatic heterocycles. The second kappa shape index (κ2) is 9.34. The Morgan fingerprint density at radius 3 is 1.86 bits per heavy atom. The highest BCUT2D eigenvalue weighted by molar-refractivity contribution is 5.78.